The van der Waals surface area contributed by atoms with Crippen LogP contribution < -0.4 is 5.32 Å². The Morgan fingerprint density at radius 3 is 1.89 bits per heavy atom. The first-order valence-corrected chi connectivity index (χ1v) is 8.34. The van der Waals surface area contributed by atoms with E-state index in [-0.39, 0.29) is 0 Å². The molecule has 114 valence electrons. The Bertz CT molecular complexity index is 255. The van der Waals surface area contributed by atoms with E-state index in [1.165, 1.54) is 32.2 Å². The lowest BCUT2D eigenvalue weighted by Gasteiger charge is -2.53. The van der Waals surface area contributed by atoms with Crippen LogP contribution in [0.2, 0.25) is 0 Å². The van der Waals surface area contributed by atoms with Crippen molar-refractivity contribution in [1.82, 2.24) is 10.2 Å². The molecule has 0 radical (unpaired) electrons. The van der Waals surface area contributed by atoms with Gasteiger partial charge in [0.05, 0.1) is 0 Å². The van der Waals surface area contributed by atoms with Crippen LogP contribution in [0.25, 0.3) is 0 Å². The van der Waals surface area contributed by atoms with Crippen LogP contribution in [-0.2, 0) is 0 Å². The van der Waals surface area contributed by atoms with Gasteiger partial charge < -0.3 is 5.32 Å². The highest BCUT2D eigenvalue weighted by atomic mass is 15.3. The summed E-state index contributed by atoms with van der Waals surface area (Å²) in [7, 11) is 0. The second-order valence-corrected chi connectivity index (χ2v) is 7.33. The minimum Gasteiger partial charge on any atom is -0.311 e. The topological polar surface area (TPSA) is 15.3 Å². The van der Waals surface area contributed by atoms with Gasteiger partial charge in [-0.2, -0.15) is 0 Å². The van der Waals surface area contributed by atoms with Gasteiger partial charge in [-0.05, 0) is 31.1 Å². The van der Waals surface area contributed by atoms with Gasteiger partial charge in [-0.1, -0.05) is 48.5 Å². The van der Waals surface area contributed by atoms with E-state index in [0.29, 0.717) is 23.0 Å². The normalized spacial score (nSPS) is 26.7. The van der Waals surface area contributed by atoms with Crippen molar-refractivity contribution in [1.29, 1.82) is 0 Å². The molecular weight excluding hydrogens is 232 g/mol. The van der Waals surface area contributed by atoms with Gasteiger partial charge in [0.25, 0.3) is 0 Å². The SMILES string of the molecule is CCC1CNC(C(C)(C)C)CN1C(CC)(CC)CC. The van der Waals surface area contributed by atoms with Crippen molar-refractivity contribution in [3.63, 3.8) is 0 Å². The first-order valence-electron chi connectivity index (χ1n) is 8.34. The van der Waals surface area contributed by atoms with Crippen LogP contribution in [0.15, 0.2) is 0 Å². The maximum Gasteiger partial charge on any atom is 0.0244 e. The van der Waals surface area contributed by atoms with Crippen LogP contribution in [0.3, 0.4) is 0 Å². The lowest BCUT2D eigenvalue weighted by Crippen LogP contribution is -2.66. The van der Waals surface area contributed by atoms with E-state index in [1.54, 1.807) is 0 Å². The average Bonchev–Trinajstić information content (AvgIpc) is 2.40. The fourth-order valence-electron chi connectivity index (χ4n) is 3.68. The lowest BCUT2D eigenvalue weighted by atomic mass is 9.80. The summed E-state index contributed by atoms with van der Waals surface area (Å²) in [6.07, 6.45) is 5.07. The molecule has 1 aliphatic rings. The molecule has 19 heavy (non-hydrogen) atoms. The van der Waals surface area contributed by atoms with Crippen LogP contribution in [-0.4, -0.2) is 35.6 Å². The Balaban J connectivity index is 2.97. The Hall–Kier alpha value is -0.0800. The number of hydrogen-bond donors (Lipinski definition) is 1. The van der Waals surface area contributed by atoms with Crippen molar-refractivity contribution in [2.45, 2.75) is 91.8 Å². The fourth-order valence-corrected chi connectivity index (χ4v) is 3.68. The molecule has 0 saturated carbocycles. The number of rotatable bonds is 5. The third-order valence-corrected chi connectivity index (χ3v) is 5.52. The smallest absolute Gasteiger partial charge is 0.0244 e. The zero-order valence-corrected chi connectivity index (χ0v) is 14.3. The van der Waals surface area contributed by atoms with Crippen LogP contribution >= 0.6 is 0 Å². The average molecular weight is 268 g/mol. The molecule has 0 bridgehead atoms. The van der Waals surface area contributed by atoms with Crippen molar-refractivity contribution in [2.24, 2.45) is 5.41 Å². The number of nitrogens with one attached hydrogen (secondary N) is 1. The predicted octanol–water partition coefficient (Wildman–Crippen LogP) is 4.05. The van der Waals surface area contributed by atoms with Crippen molar-refractivity contribution >= 4 is 0 Å². The summed E-state index contributed by atoms with van der Waals surface area (Å²) in [5.41, 5.74) is 0.754. The quantitative estimate of drug-likeness (QED) is 0.809. The highest BCUT2D eigenvalue weighted by Crippen LogP contribution is 2.34. The zero-order valence-electron chi connectivity index (χ0n) is 14.3. The van der Waals surface area contributed by atoms with Gasteiger partial charge in [-0.25, -0.2) is 0 Å². The highest BCUT2D eigenvalue weighted by molar-refractivity contribution is 4.99. The van der Waals surface area contributed by atoms with Crippen molar-refractivity contribution in [3.8, 4) is 0 Å². The molecule has 2 nitrogen and oxygen atoms in total. The van der Waals surface area contributed by atoms with E-state index < -0.39 is 0 Å². The molecule has 1 aliphatic heterocycles. The minimum atomic E-state index is 0.345. The third-order valence-electron chi connectivity index (χ3n) is 5.52. The van der Waals surface area contributed by atoms with E-state index in [0.717, 1.165) is 6.54 Å². The Morgan fingerprint density at radius 2 is 1.53 bits per heavy atom. The molecule has 1 rings (SSSR count). The summed E-state index contributed by atoms with van der Waals surface area (Å²) < 4.78 is 0. The van der Waals surface area contributed by atoms with Crippen molar-refractivity contribution in [3.05, 3.63) is 0 Å². The highest BCUT2D eigenvalue weighted by Gasteiger charge is 2.41. The second kappa shape index (κ2) is 6.58. The van der Waals surface area contributed by atoms with Crippen LogP contribution in [0.5, 0.6) is 0 Å². The molecule has 2 heteroatoms. The third kappa shape index (κ3) is 3.52. The summed E-state index contributed by atoms with van der Waals surface area (Å²) in [4.78, 5) is 2.85. The molecule has 1 fully saturated rings. The van der Waals surface area contributed by atoms with Crippen LogP contribution in [0.4, 0.5) is 0 Å². The maximum absolute atomic E-state index is 3.79. The molecule has 0 amide bonds. The first kappa shape index (κ1) is 17.0. The molecule has 0 spiro atoms. The van der Waals surface area contributed by atoms with Gasteiger partial charge in [0.1, 0.15) is 0 Å². The van der Waals surface area contributed by atoms with E-state index in [1.807, 2.05) is 0 Å². The zero-order chi connectivity index (χ0) is 14.7. The number of nitrogens with zero attached hydrogens (tertiary/aromatic N) is 1. The van der Waals surface area contributed by atoms with E-state index in [4.69, 9.17) is 0 Å². The maximum atomic E-state index is 3.79. The van der Waals surface area contributed by atoms with Crippen LogP contribution in [0.1, 0.15) is 74.1 Å². The molecule has 1 N–H and O–H groups in total. The monoisotopic (exact) mass is 268 g/mol. The molecule has 1 saturated heterocycles. The van der Waals surface area contributed by atoms with E-state index >= 15 is 0 Å². The molecule has 2 unspecified atom stereocenters. The van der Waals surface area contributed by atoms with Gasteiger partial charge in [0, 0.05) is 30.7 Å². The first-order chi connectivity index (χ1) is 8.84. The number of piperazine rings is 1. The Labute approximate surface area is 121 Å². The lowest BCUT2D eigenvalue weighted by molar-refractivity contribution is -0.0185. The Morgan fingerprint density at radius 1 is 1.00 bits per heavy atom. The molecule has 0 aromatic heterocycles. The standard InChI is InChI=1S/C17H36N2/c1-8-14-12-18-15(16(5,6)7)13-19(14)17(9-2,10-3)11-4/h14-15,18H,8-13H2,1-7H3. The largest absolute Gasteiger partial charge is 0.311 e. The van der Waals surface area contributed by atoms with Crippen molar-refractivity contribution in [2.75, 3.05) is 13.1 Å². The fraction of sp³-hybridized carbons (Fsp3) is 1.00. The molecule has 0 aromatic carbocycles. The Kier molecular flexibility index (Phi) is 5.88. The van der Waals surface area contributed by atoms with E-state index in [9.17, 15) is 0 Å². The number of hydrogen-bond acceptors (Lipinski definition) is 2. The second-order valence-electron chi connectivity index (χ2n) is 7.33. The molecular formula is C17H36N2. The predicted molar refractivity (Wildman–Crippen MR) is 85.6 cm³/mol. The summed E-state index contributed by atoms with van der Waals surface area (Å²) >= 11 is 0. The van der Waals surface area contributed by atoms with Gasteiger partial charge in [0.2, 0.25) is 0 Å². The summed E-state index contributed by atoms with van der Waals surface area (Å²) in [5, 5.41) is 3.79. The molecule has 0 aromatic rings. The van der Waals surface area contributed by atoms with Gasteiger partial charge in [0.15, 0.2) is 0 Å². The van der Waals surface area contributed by atoms with E-state index in [2.05, 4.69) is 58.7 Å². The summed E-state index contributed by atoms with van der Waals surface area (Å²) in [6, 6.07) is 1.32. The van der Waals surface area contributed by atoms with Gasteiger partial charge >= 0.3 is 0 Å². The van der Waals surface area contributed by atoms with Crippen LogP contribution in [0, 0.1) is 5.41 Å². The molecule has 0 aliphatic carbocycles. The minimum absolute atomic E-state index is 0.345. The summed E-state index contributed by atoms with van der Waals surface area (Å²) in [5.74, 6) is 0. The van der Waals surface area contributed by atoms with Crippen molar-refractivity contribution < 1.29 is 0 Å². The van der Waals surface area contributed by atoms with Gasteiger partial charge in [-0.3, -0.25) is 4.90 Å². The molecule has 1 heterocycles. The van der Waals surface area contributed by atoms with Gasteiger partial charge in [-0.15, -0.1) is 0 Å². The summed E-state index contributed by atoms with van der Waals surface area (Å²) in [6.45, 7) is 18.9. The molecule has 2 atom stereocenters.